The van der Waals surface area contributed by atoms with Gasteiger partial charge in [-0.05, 0) is 50.1 Å². The number of anilines is 1. The van der Waals surface area contributed by atoms with Crippen LogP contribution in [0.2, 0.25) is 10.2 Å². The first-order valence-corrected chi connectivity index (χ1v) is 14.1. The second-order valence-electron chi connectivity index (χ2n) is 10.1. The average Bonchev–Trinajstić information content (AvgIpc) is 3.61. The molecule has 0 saturated carbocycles. The highest BCUT2D eigenvalue weighted by atomic mass is 35.5. The molecule has 0 aliphatic carbocycles. The maximum atomic E-state index is 13.8. The van der Waals surface area contributed by atoms with Crippen molar-refractivity contribution in [2.75, 3.05) is 5.32 Å². The Kier molecular flexibility index (Phi) is 6.99. The van der Waals surface area contributed by atoms with Gasteiger partial charge in [-0.2, -0.15) is 5.10 Å². The molecule has 2 atom stereocenters. The Hall–Kier alpha value is -4.28. The van der Waals surface area contributed by atoms with Crippen LogP contribution in [0.25, 0.3) is 28.3 Å². The lowest BCUT2D eigenvalue weighted by Gasteiger charge is -2.20. The number of aromatic nitrogens is 6. The molecule has 0 spiro atoms. The van der Waals surface area contributed by atoms with Crippen LogP contribution < -0.4 is 10.7 Å². The Morgan fingerprint density at radius 3 is 2.79 bits per heavy atom. The summed E-state index contributed by atoms with van der Waals surface area (Å²) in [5.74, 6) is -0.701. The number of halogens is 2. The number of pyridine rings is 1. The second kappa shape index (κ2) is 11.5. The molecule has 6 rings (SSSR count). The van der Waals surface area contributed by atoms with Gasteiger partial charge in [0.15, 0.2) is 10.6 Å². The summed E-state index contributed by atoms with van der Waals surface area (Å²) in [6.45, 7) is 1.38. The third-order valence-electron chi connectivity index (χ3n) is 7.40. The Morgan fingerprint density at radius 1 is 1.17 bits per heavy atom. The summed E-state index contributed by atoms with van der Waals surface area (Å²) in [6, 6.07) is 10.0. The number of carbonyl (C=O) groups is 1. The summed E-state index contributed by atoms with van der Waals surface area (Å²) < 4.78 is 25.4. The quantitative estimate of drug-likeness (QED) is 0.253. The number of hydrogen-bond donors (Lipinski definition) is 1. The average molecular weight is 607 g/mol. The fourth-order valence-electron chi connectivity index (χ4n) is 5.23. The monoisotopic (exact) mass is 605 g/mol. The topological polar surface area (TPSA) is 121 Å². The summed E-state index contributed by atoms with van der Waals surface area (Å²) in [4.78, 5) is 31.5. The molecule has 1 aromatic carbocycles. The smallest absolute Gasteiger partial charge is 0.227 e. The Balaban J connectivity index is 1.46. The Labute approximate surface area is 254 Å². The van der Waals surface area contributed by atoms with E-state index in [-0.39, 0.29) is 28.2 Å². The Bertz CT molecular complexity index is 1930. The molecule has 1 aliphatic heterocycles. The summed E-state index contributed by atoms with van der Waals surface area (Å²) in [5, 5.41) is 15.7. The van der Waals surface area contributed by atoms with Gasteiger partial charge in [-0.1, -0.05) is 41.8 Å². The molecule has 0 unspecified atom stereocenters. The Morgan fingerprint density at radius 2 is 2.02 bits per heavy atom. The highest BCUT2D eigenvalue weighted by Gasteiger charge is 2.25. The summed E-state index contributed by atoms with van der Waals surface area (Å²) in [7, 11) is 0. The van der Waals surface area contributed by atoms with E-state index in [0.29, 0.717) is 63.7 Å². The van der Waals surface area contributed by atoms with Crippen molar-refractivity contribution in [3.63, 3.8) is 0 Å². The molecule has 5 aromatic rings. The van der Waals surface area contributed by atoms with E-state index in [1.807, 2.05) is 13.0 Å². The molecule has 10 nitrogen and oxygen atoms in total. The first-order valence-electron chi connectivity index (χ1n) is 14.4. The SMILES string of the molecule is [2H]C([2H])(C)n1ncc2c1-c1ccnc(c1)[C@H](c1coc(-c3cc(Cl)ccc3-n3cc(Cl)nn3)cc1=O)CCC[C@@H](C)C(=O)N2. The lowest BCUT2D eigenvalue weighted by Crippen LogP contribution is -2.22. The molecular formula is C30H27Cl2N7O3. The van der Waals surface area contributed by atoms with E-state index in [2.05, 4.69) is 25.7 Å². The first-order chi connectivity index (χ1) is 21.0. The molecule has 0 fully saturated rings. The van der Waals surface area contributed by atoms with Gasteiger partial charge >= 0.3 is 0 Å². The zero-order valence-corrected chi connectivity index (χ0v) is 24.2. The predicted molar refractivity (Wildman–Crippen MR) is 160 cm³/mol. The van der Waals surface area contributed by atoms with Gasteiger partial charge in [0.2, 0.25) is 5.91 Å². The molecule has 12 heteroatoms. The van der Waals surface area contributed by atoms with Crippen molar-refractivity contribution in [2.24, 2.45) is 5.92 Å². The summed E-state index contributed by atoms with van der Waals surface area (Å²) in [6.07, 6.45) is 7.77. The van der Waals surface area contributed by atoms with Crippen molar-refractivity contribution < 1.29 is 12.0 Å². The van der Waals surface area contributed by atoms with E-state index >= 15 is 0 Å². The number of nitrogens with zero attached hydrogens (tertiary/aromatic N) is 6. The molecule has 42 heavy (non-hydrogen) atoms. The highest BCUT2D eigenvalue weighted by Crippen LogP contribution is 2.36. The van der Waals surface area contributed by atoms with Gasteiger partial charge in [0.25, 0.3) is 0 Å². The van der Waals surface area contributed by atoms with E-state index in [1.54, 1.807) is 30.5 Å². The summed E-state index contributed by atoms with van der Waals surface area (Å²) in [5.41, 5.74) is 3.25. The molecule has 214 valence electrons. The minimum absolute atomic E-state index is 0.191. The van der Waals surface area contributed by atoms with Crippen LogP contribution >= 0.6 is 23.2 Å². The maximum absolute atomic E-state index is 13.8. The van der Waals surface area contributed by atoms with E-state index in [1.165, 1.54) is 41.0 Å². The standard InChI is InChI=1S/C30H27Cl2N7O3/c1-3-38-29-18-9-10-33-23(11-18)20(6-4-5-17(2)30(41)35-24(29)14-34-38)22-16-42-27(13-26(22)40)21-12-19(31)7-8-25(21)39-15-28(32)36-37-39/h7-17,20H,3-6H2,1-2H3,(H,35,41)/t17-,20+/m1/s1/i3D2. The number of benzene rings is 1. The van der Waals surface area contributed by atoms with Crippen LogP contribution in [0, 0.1) is 5.92 Å². The minimum Gasteiger partial charge on any atom is -0.464 e. The van der Waals surface area contributed by atoms with Gasteiger partial charge in [-0.15, -0.1) is 5.10 Å². The van der Waals surface area contributed by atoms with Crippen molar-refractivity contribution in [3.8, 4) is 28.3 Å². The zero-order valence-electron chi connectivity index (χ0n) is 24.7. The van der Waals surface area contributed by atoms with Crippen molar-refractivity contribution in [1.82, 2.24) is 29.8 Å². The first kappa shape index (κ1) is 25.4. The molecule has 1 amide bonds. The van der Waals surface area contributed by atoms with Gasteiger partial charge in [-0.3, -0.25) is 19.3 Å². The number of hydrogen-bond acceptors (Lipinski definition) is 7. The predicted octanol–water partition coefficient (Wildman–Crippen LogP) is 6.36. The van der Waals surface area contributed by atoms with Crippen LogP contribution in [-0.4, -0.2) is 35.7 Å². The van der Waals surface area contributed by atoms with Crippen LogP contribution in [0.3, 0.4) is 0 Å². The van der Waals surface area contributed by atoms with Crippen LogP contribution in [0.15, 0.2) is 70.5 Å². The van der Waals surface area contributed by atoms with Crippen molar-refractivity contribution >= 4 is 34.8 Å². The largest absolute Gasteiger partial charge is 0.464 e. The lowest BCUT2D eigenvalue weighted by molar-refractivity contribution is -0.119. The van der Waals surface area contributed by atoms with Crippen LogP contribution in [0.1, 0.15) is 53.0 Å². The highest BCUT2D eigenvalue weighted by molar-refractivity contribution is 6.31. The van der Waals surface area contributed by atoms with Crippen LogP contribution in [0.4, 0.5) is 5.69 Å². The number of carbonyl (C=O) groups excluding carboxylic acids is 1. The fraction of sp³-hybridized carbons (Fsp3) is 0.267. The molecule has 1 aliphatic rings. The molecule has 2 bridgehead atoms. The maximum Gasteiger partial charge on any atom is 0.227 e. The number of rotatable bonds is 4. The van der Waals surface area contributed by atoms with Crippen molar-refractivity contribution in [1.29, 1.82) is 0 Å². The minimum atomic E-state index is -1.85. The molecule has 4 aromatic heterocycles. The van der Waals surface area contributed by atoms with Gasteiger partial charge in [0.05, 0.1) is 38.5 Å². The zero-order chi connectivity index (χ0) is 31.2. The number of fused-ring (bicyclic) bond motifs is 4. The third kappa shape index (κ3) is 5.35. The lowest BCUT2D eigenvalue weighted by atomic mass is 9.88. The second-order valence-corrected chi connectivity index (χ2v) is 10.9. The van der Waals surface area contributed by atoms with E-state index in [0.717, 1.165) is 0 Å². The molecule has 0 radical (unpaired) electrons. The van der Waals surface area contributed by atoms with Crippen LogP contribution in [-0.2, 0) is 11.3 Å². The van der Waals surface area contributed by atoms with Crippen molar-refractivity contribution in [2.45, 2.75) is 45.5 Å². The normalized spacial score (nSPS) is 18.2. The molecular weight excluding hydrogens is 577 g/mol. The molecule has 0 saturated heterocycles. The number of aryl methyl sites for hydroxylation is 1. The molecule has 5 heterocycles. The summed E-state index contributed by atoms with van der Waals surface area (Å²) >= 11 is 12.3. The number of amides is 1. The van der Waals surface area contributed by atoms with E-state index in [4.69, 9.17) is 30.4 Å². The van der Waals surface area contributed by atoms with Crippen LogP contribution in [0.5, 0.6) is 0 Å². The van der Waals surface area contributed by atoms with E-state index in [9.17, 15) is 9.59 Å². The van der Waals surface area contributed by atoms with Gasteiger partial charge in [-0.25, -0.2) is 4.68 Å². The van der Waals surface area contributed by atoms with E-state index < -0.39 is 12.4 Å². The molecule has 1 N–H and O–H groups in total. The van der Waals surface area contributed by atoms with Gasteiger partial charge < -0.3 is 9.73 Å². The van der Waals surface area contributed by atoms with Crippen molar-refractivity contribution in [3.05, 3.63) is 92.9 Å². The third-order valence-corrected chi connectivity index (χ3v) is 7.81. The van der Waals surface area contributed by atoms with Gasteiger partial charge in [0, 0.05) is 58.0 Å². The fourth-order valence-corrected chi connectivity index (χ4v) is 5.53. The number of nitrogens with one attached hydrogen (secondary N) is 1. The van der Waals surface area contributed by atoms with Gasteiger partial charge in [0.1, 0.15) is 5.76 Å².